The Morgan fingerprint density at radius 3 is 2.71 bits per heavy atom. The second-order valence-corrected chi connectivity index (χ2v) is 5.94. The van der Waals surface area contributed by atoms with Crippen molar-refractivity contribution in [3.63, 3.8) is 0 Å². The van der Waals surface area contributed by atoms with Crippen LogP contribution in [0.5, 0.6) is 5.88 Å². The average molecular weight is 313 g/mol. The van der Waals surface area contributed by atoms with E-state index in [0.717, 1.165) is 25.1 Å². The van der Waals surface area contributed by atoms with Crippen molar-refractivity contribution in [2.24, 2.45) is 0 Å². The number of hydrogen-bond donors (Lipinski definition) is 1. The molecule has 1 heterocycles. The molecule has 0 aliphatic rings. The standard InChI is InChI=1S/C17H29ClN2O/c1-4-6-7-8-9-14(3)21-17-11-10-15(18)16(20-17)13-19-12-5-2/h10-11,14,19H,4-9,12-13H2,1-3H3. The molecule has 1 N–H and O–H groups in total. The fourth-order valence-corrected chi connectivity index (χ4v) is 2.33. The number of hydrogen-bond acceptors (Lipinski definition) is 3. The molecule has 0 fully saturated rings. The minimum Gasteiger partial charge on any atom is -0.475 e. The average Bonchev–Trinajstić information content (AvgIpc) is 2.47. The first-order valence-corrected chi connectivity index (χ1v) is 8.58. The Morgan fingerprint density at radius 2 is 2.00 bits per heavy atom. The normalized spacial score (nSPS) is 12.4. The summed E-state index contributed by atoms with van der Waals surface area (Å²) in [7, 11) is 0. The van der Waals surface area contributed by atoms with Crippen molar-refractivity contribution in [2.75, 3.05) is 6.54 Å². The monoisotopic (exact) mass is 312 g/mol. The van der Waals surface area contributed by atoms with Crippen LogP contribution >= 0.6 is 11.6 Å². The van der Waals surface area contributed by atoms with Gasteiger partial charge in [0.05, 0.1) is 16.8 Å². The van der Waals surface area contributed by atoms with Crippen LogP contribution in [0.2, 0.25) is 5.02 Å². The maximum Gasteiger partial charge on any atom is 0.213 e. The second-order valence-electron chi connectivity index (χ2n) is 5.53. The van der Waals surface area contributed by atoms with E-state index in [1.807, 2.05) is 12.1 Å². The highest BCUT2D eigenvalue weighted by Crippen LogP contribution is 2.20. The van der Waals surface area contributed by atoms with Crippen molar-refractivity contribution >= 4 is 11.6 Å². The predicted octanol–water partition coefficient (Wildman–Crippen LogP) is 4.97. The summed E-state index contributed by atoms with van der Waals surface area (Å²) in [6, 6.07) is 3.73. The van der Waals surface area contributed by atoms with Crippen molar-refractivity contribution in [3.8, 4) is 5.88 Å². The van der Waals surface area contributed by atoms with Crippen molar-refractivity contribution < 1.29 is 4.74 Å². The molecule has 1 aromatic heterocycles. The number of aromatic nitrogens is 1. The van der Waals surface area contributed by atoms with E-state index in [4.69, 9.17) is 16.3 Å². The van der Waals surface area contributed by atoms with E-state index in [1.165, 1.54) is 25.7 Å². The Hall–Kier alpha value is -0.800. The molecule has 1 atom stereocenters. The molecule has 0 aromatic carbocycles. The first-order chi connectivity index (χ1) is 10.2. The molecule has 1 rings (SSSR count). The van der Waals surface area contributed by atoms with E-state index in [1.54, 1.807) is 0 Å². The van der Waals surface area contributed by atoms with Crippen LogP contribution in [-0.2, 0) is 6.54 Å². The number of ether oxygens (including phenoxy) is 1. The minimum atomic E-state index is 0.201. The van der Waals surface area contributed by atoms with Gasteiger partial charge < -0.3 is 10.1 Å². The number of nitrogens with zero attached hydrogens (tertiary/aromatic N) is 1. The van der Waals surface area contributed by atoms with Crippen LogP contribution in [0.15, 0.2) is 12.1 Å². The van der Waals surface area contributed by atoms with Crippen LogP contribution in [0.1, 0.15) is 65.0 Å². The van der Waals surface area contributed by atoms with Crippen molar-refractivity contribution in [1.29, 1.82) is 0 Å². The lowest BCUT2D eigenvalue weighted by Crippen LogP contribution is -2.17. The number of rotatable bonds is 11. The van der Waals surface area contributed by atoms with E-state index in [-0.39, 0.29) is 6.10 Å². The lowest BCUT2D eigenvalue weighted by molar-refractivity contribution is 0.197. The van der Waals surface area contributed by atoms with Gasteiger partial charge in [-0.3, -0.25) is 0 Å². The van der Waals surface area contributed by atoms with Gasteiger partial charge in [0, 0.05) is 12.6 Å². The number of pyridine rings is 1. The van der Waals surface area contributed by atoms with Gasteiger partial charge in [0.1, 0.15) is 0 Å². The zero-order valence-corrected chi connectivity index (χ0v) is 14.4. The molecule has 0 saturated carbocycles. The Morgan fingerprint density at radius 1 is 1.19 bits per heavy atom. The molecular weight excluding hydrogens is 284 g/mol. The second kappa shape index (κ2) is 10.9. The largest absolute Gasteiger partial charge is 0.475 e. The smallest absolute Gasteiger partial charge is 0.213 e. The van der Waals surface area contributed by atoms with Crippen LogP contribution in [0, 0.1) is 0 Å². The minimum absolute atomic E-state index is 0.201. The molecule has 0 aliphatic heterocycles. The van der Waals surface area contributed by atoms with Gasteiger partial charge in [-0.15, -0.1) is 0 Å². The van der Waals surface area contributed by atoms with E-state index in [0.29, 0.717) is 17.4 Å². The number of unbranched alkanes of at least 4 members (excludes halogenated alkanes) is 3. The van der Waals surface area contributed by atoms with E-state index >= 15 is 0 Å². The SMILES string of the molecule is CCCCCCC(C)Oc1ccc(Cl)c(CNCCC)n1. The summed E-state index contributed by atoms with van der Waals surface area (Å²) in [4.78, 5) is 4.51. The predicted molar refractivity (Wildman–Crippen MR) is 90.1 cm³/mol. The Kier molecular flexibility index (Phi) is 9.44. The molecule has 120 valence electrons. The lowest BCUT2D eigenvalue weighted by atomic mass is 10.1. The molecule has 1 aromatic rings. The molecule has 1 unspecified atom stereocenters. The van der Waals surface area contributed by atoms with E-state index < -0.39 is 0 Å². The summed E-state index contributed by atoms with van der Waals surface area (Å²) in [5.41, 5.74) is 0.862. The summed E-state index contributed by atoms with van der Waals surface area (Å²) in [6.07, 6.45) is 7.45. The lowest BCUT2D eigenvalue weighted by Gasteiger charge is -2.15. The highest BCUT2D eigenvalue weighted by atomic mass is 35.5. The first-order valence-electron chi connectivity index (χ1n) is 8.20. The molecule has 0 aliphatic carbocycles. The Bertz CT molecular complexity index is 398. The molecule has 3 nitrogen and oxygen atoms in total. The van der Waals surface area contributed by atoms with Gasteiger partial charge in [0.2, 0.25) is 5.88 Å². The van der Waals surface area contributed by atoms with Gasteiger partial charge in [0.15, 0.2) is 0 Å². The fourth-order valence-electron chi connectivity index (χ4n) is 2.16. The van der Waals surface area contributed by atoms with E-state index in [2.05, 4.69) is 31.1 Å². The third kappa shape index (κ3) is 7.68. The molecule has 0 saturated heterocycles. The zero-order valence-electron chi connectivity index (χ0n) is 13.6. The van der Waals surface area contributed by atoms with Crippen LogP contribution in [0.25, 0.3) is 0 Å². The third-order valence-corrected chi connectivity index (χ3v) is 3.74. The highest BCUT2D eigenvalue weighted by Gasteiger charge is 2.08. The summed E-state index contributed by atoms with van der Waals surface area (Å²) in [5.74, 6) is 0.677. The molecule has 4 heteroatoms. The zero-order chi connectivity index (χ0) is 15.5. The van der Waals surface area contributed by atoms with Crippen molar-refractivity contribution in [1.82, 2.24) is 10.3 Å². The van der Waals surface area contributed by atoms with Crippen LogP contribution in [0.4, 0.5) is 0 Å². The van der Waals surface area contributed by atoms with Crippen LogP contribution in [0.3, 0.4) is 0 Å². The van der Waals surface area contributed by atoms with Gasteiger partial charge in [-0.05, 0) is 38.8 Å². The molecule has 21 heavy (non-hydrogen) atoms. The number of nitrogens with one attached hydrogen (secondary N) is 1. The first kappa shape index (κ1) is 18.2. The van der Waals surface area contributed by atoms with Crippen LogP contribution < -0.4 is 10.1 Å². The molecule has 0 radical (unpaired) electrons. The van der Waals surface area contributed by atoms with Crippen molar-refractivity contribution in [2.45, 2.75) is 71.9 Å². The molecule has 0 bridgehead atoms. The van der Waals surface area contributed by atoms with E-state index in [9.17, 15) is 0 Å². The Balaban J connectivity index is 2.45. The molecule has 0 spiro atoms. The fraction of sp³-hybridized carbons (Fsp3) is 0.706. The van der Waals surface area contributed by atoms with Gasteiger partial charge in [-0.1, -0.05) is 44.7 Å². The summed E-state index contributed by atoms with van der Waals surface area (Å²) < 4.78 is 5.90. The topological polar surface area (TPSA) is 34.1 Å². The maximum absolute atomic E-state index is 6.17. The summed E-state index contributed by atoms with van der Waals surface area (Å²) in [5, 5.41) is 4.01. The van der Waals surface area contributed by atoms with Gasteiger partial charge >= 0.3 is 0 Å². The number of halogens is 1. The molecule has 0 amide bonds. The Labute approximate surface area is 134 Å². The van der Waals surface area contributed by atoms with Gasteiger partial charge in [-0.25, -0.2) is 4.98 Å². The molecular formula is C17H29ClN2O. The summed E-state index contributed by atoms with van der Waals surface area (Å²) >= 11 is 6.17. The maximum atomic E-state index is 6.17. The van der Waals surface area contributed by atoms with Crippen LogP contribution in [-0.4, -0.2) is 17.6 Å². The van der Waals surface area contributed by atoms with Gasteiger partial charge in [0.25, 0.3) is 0 Å². The quantitative estimate of drug-likeness (QED) is 0.586. The third-order valence-electron chi connectivity index (χ3n) is 3.40. The highest BCUT2D eigenvalue weighted by molar-refractivity contribution is 6.31. The van der Waals surface area contributed by atoms with Crippen molar-refractivity contribution in [3.05, 3.63) is 22.8 Å². The summed E-state index contributed by atoms with van der Waals surface area (Å²) in [6.45, 7) is 8.14. The van der Waals surface area contributed by atoms with Gasteiger partial charge in [-0.2, -0.15) is 0 Å².